The first-order chi connectivity index (χ1) is 8.39. The highest BCUT2D eigenvalue weighted by molar-refractivity contribution is 5.76. The molecule has 0 aromatic carbocycles. The first-order valence-corrected chi connectivity index (χ1v) is 6.70. The van der Waals surface area contributed by atoms with E-state index >= 15 is 0 Å². The van der Waals surface area contributed by atoms with Crippen molar-refractivity contribution in [1.82, 2.24) is 0 Å². The second-order valence-electron chi connectivity index (χ2n) is 4.47. The van der Waals surface area contributed by atoms with Gasteiger partial charge in [0, 0.05) is 6.42 Å². The van der Waals surface area contributed by atoms with Gasteiger partial charge in [0.15, 0.2) is 0 Å². The molecular weight excluding hydrogens is 216 g/mol. The second kappa shape index (κ2) is 10.1. The minimum atomic E-state index is -0.184. The zero-order chi connectivity index (χ0) is 12.2. The van der Waals surface area contributed by atoms with E-state index in [0.717, 1.165) is 19.3 Å². The number of hydrogen-bond acceptors (Lipinski definition) is 4. The quantitative estimate of drug-likeness (QED) is 0.622. The molecule has 0 fully saturated rings. The van der Waals surface area contributed by atoms with Crippen molar-refractivity contribution < 1.29 is 4.79 Å². The Bertz CT molecular complexity index is 263. The predicted molar refractivity (Wildman–Crippen MR) is 65.8 cm³/mol. The molecule has 1 aliphatic heterocycles. The third-order valence-corrected chi connectivity index (χ3v) is 2.91. The first kappa shape index (κ1) is 13.9. The average molecular weight is 238 g/mol. The van der Waals surface area contributed by atoms with Crippen LogP contribution in [0.25, 0.3) is 0 Å². The summed E-state index contributed by atoms with van der Waals surface area (Å²) in [6.45, 7) is 0.688. The van der Waals surface area contributed by atoms with Crippen LogP contribution in [0.2, 0.25) is 0 Å². The molecule has 1 heterocycles. The monoisotopic (exact) mass is 238 g/mol. The minimum Gasteiger partial charge on any atom is -0.271 e. The van der Waals surface area contributed by atoms with Crippen LogP contribution in [-0.4, -0.2) is 12.5 Å². The van der Waals surface area contributed by atoms with E-state index < -0.39 is 0 Å². The van der Waals surface area contributed by atoms with E-state index in [0.29, 0.717) is 13.0 Å². The Kier molecular flexibility index (Phi) is 8.24. The Morgan fingerprint density at radius 2 is 1.29 bits per heavy atom. The summed E-state index contributed by atoms with van der Waals surface area (Å²) in [5, 5.41) is 14.3. The third-order valence-electron chi connectivity index (χ3n) is 2.91. The lowest BCUT2D eigenvalue weighted by atomic mass is 10.1. The van der Waals surface area contributed by atoms with E-state index in [2.05, 4.69) is 20.7 Å². The fraction of sp³-hybridized carbons (Fsp3) is 0.917. The SMILES string of the molecule is O=C1CCCCCCCCCCCN=NN=N1. The van der Waals surface area contributed by atoms with Crippen LogP contribution >= 0.6 is 0 Å². The molecular formula is C12H22N4O. The van der Waals surface area contributed by atoms with E-state index in [4.69, 9.17) is 0 Å². The van der Waals surface area contributed by atoms with Gasteiger partial charge in [0.25, 0.3) is 5.91 Å². The van der Waals surface area contributed by atoms with Crippen LogP contribution in [0.3, 0.4) is 0 Å². The molecule has 1 amide bonds. The summed E-state index contributed by atoms with van der Waals surface area (Å²) in [5.41, 5.74) is 0. The highest BCUT2D eigenvalue weighted by Gasteiger charge is 1.99. The molecule has 5 nitrogen and oxygen atoms in total. The molecule has 0 aromatic rings. The predicted octanol–water partition coefficient (Wildman–Crippen LogP) is 4.25. The van der Waals surface area contributed by atoms with E-state index in [-0.39, 0.29) is 5.91 Å². The zero-order valence-electron chi connectivity index (χ0n) is 10.5. The van der Waals surface area contributed by atoms with Crippen LogP contribution in [0.15, 0.2) is 20.7 Å². The first-order valence-electron chi connectivity index (χ1n) is 6.70. The molecule has 17 heavy (non-hydrogen) atoms. The summed E-state index contributed by atoms with van der Waals surface area (Å²) in [6.07, 6.45) is 11.2. The average Bonchev–Trinajstić information content (AvgIpc) is 2.32. The Hall–Kier alpha value is -1.13. The zero-order valence-corrected chi connectivity index (χ0v) is 10.5. The van der Waals surface area contributed by atoms with Crippen molar-refractivity contribution in [3.05, 3.63) is 0 Å². The van der Waals surface area contributed by atoms with Gasteiger partial charge in [-0.05, 0) is 23.3 Å². The maximum absolute atomic E-state index is 11.2. The highest BCUT2D eigenvalue weighted by Crippen LogP contribution is 2.11. The Morgan fingerprint density at radius 1 is 0.706 bits per heavy atom. The number of amides is 1. The molecule has 0 spiro atoms. The molecule has 5 heteroatoms. The van der Waals surface area contributed by atoms with Crippen molar-refractivity contribution in [2.45, 2.75) is 64.2 Å². The van der Waals surface area contributed by atoms with Crippen LogP contribution in [0.1, 0.15) is 64.2 Å². The van der Waals surface area contributed by atoms with Crippen LogP contribution in [0, 0.1) is 0 Å². The van der Waals surface area contributed by atoms with Gasteiger partial charge in [-0.1, -0.05) is 50.1 Å². The summed E-state index contributed by atoms with van der Waals surface area (Å²) in [5.74, 6) is -0.184. The van der Waals surface area contributed by atoms with Crippen molar-refractivity contribution in [2.24, 2.45) is 20.7 Å². The fourth-order valence-corrected chi connectivity index (χ4v) is 1.89. The lowest BCUT2D eigenvalue weighted by molar-refractivity contribution is -0.118. The van der Waals surface area contributed by atoms with Crippen LogP contribution < -0.4 is 0 Å². The van der Waals surface area contributed by atoms with Gasteiger partial charge in [-0.25, -0.2) is 0 Å². The molecule has 0 unspecified atom stereocenters. The maximum Gasteiger partial charge on any atom is 0.266 e. The largest absolute Gasteiger partial charge is 0.271 e. The van der Waals surface area contributed by atoms with Crippen molar-refractivity contribution in [3.8, 4) is 0 Å². The summed E-state index contributed by atoms with van der Waals surface area (Å²) in [6, 6.07) is 0. The third kappa shape index (κ3) is 8.65. The molecule has 0 radical (unpaired) electrons. The van der Waals surface area contributed by atoms with Crippen molar-refractivity contribution in [3.63, 3.8) is 0 Å². The van der Waals surface area contributed by atoms with E-state index in [1.54, 1.807) is 0 Å². The fourth-order valence-electron chi connectivity index (χ4n) is 1.89. The summed E-state index contributed by atoms with van der Waals surface area (Å²) in [7, 11) is 0. The molecule has 1 rings (SSSR count). The molecule has 0 saturated heterocycles. The molecule has 0 atom stereocenters. The molecule has 96 valence electrons. The maximum atomic E-state index is 11.2. The van der Waals surface area contributed by atoms with Gasteiger partial charge in [-0.15, -0.1) is 0 Å². The van der Waals surface area contributed by atoms with Gasteiger partial charge in [-0.3, -0.25) is 4.79 Å². The summed E-state index contributed by atoms with van der Waals surface area (Å²) < 4.78 is 0. The van der Waals surface area contributed by atoms with Crippen LogP contribution in [0.4, 0.5) is 0 Å². The van der Waals surface area contributed by atoms with Gasteiger partial charge in [0.2, 0.25) is 0 Å². The van der Waals surface area contributed by atoms with Crippen LogP contribution in [-0.2, 0) is 4.79 Å². The van der Waals surface area contributed by atoms with Crippen molar-refractivity contribution in [1.29, 1.82) is 0 Å². The Labute approximate surface area is 103 Å². The van der Waals surface area contributed by atoms with Gasteiger partial charge in [-0.2, -0.15) is 5.11 Å². The highest BCUT2D eigenvalue weighted by atomic mass is 16.1. The van der Waals surface area contributed by atoms with E-state index in [1.165, 1.54) is 38.5 Å². The van der Waals surface area contributed by atoms with Crippen LogP contribution in [0.5, 0.6) is 0 Å². The molecule has 0 saturated carbocycles. The summed E-state index contributed by atoms with van der Waals surface area (Å²) in [4.78, 5) is 11.2. The normalized spacial score (nSPS) is 21.5. The number of carbonyl (C=O) groups is 1. The molecule has 0 aromatic heterocycles. The molecule has 0 bridgehead atoms. The summed E-state index contributed by atoms with van der Waals surface area (Å²) >= 11 is 0. The van der Waals surface area contributed by atoms with Gasteiger partial charge in [0.1, 0.15) is 0 Å². The minimum absolute atomic E-state index is 0.184. The lowest BCUT2D eigenvalue weighted by Gasteiger charge is -2.01. The van der Waals surface area contributed by atoms with E-state index in [1.807, 2.05) is 0 Å². The topological polar surface area (TPSA) is 66.5 Å². The van der Waals surface area contributed by atoms with E-state index in [9.17, 15) is 4.79 Å². The molecule has 0 N–H and O–H groups in total. The molecule has 0 aliphatic carbocycles. The Balaban J connectivity index is 2.28. The van der Waals surface area contributed by atoms with Gasteiger partial charge in [0.05, 0.1) is 6.54 Å². The number of rotatable bonds is 0. The van der Waals surface area contributed by atoms with Gasteiger partial charge < -0.3 is 0 Å². The number of nitrogens with zero attached hydrogens (tertiary/aromatic N) is 4. The van der Waals surface area contributed by atoms with Crippen molar-refractivity contribution in [2.75, 3.05) is 6.54 Å². The second-order valence-corrected chi connectivity index (χ2v) is 4.47. The lowest BCUT2D eigenvalue weighted by Crippen LogP contribution is -1.92. The number of hydrogen-bond donors (Lipinski definition) is 0. The van der Waals surface area contributed by atoms with Gasteiger partial charge >= 0.3 is 0 Å². The smallest absolute Gasteiger partial charge is 0.266 e. The standard InChI is InChI=1S/C12H22N4O/c17-12-10-8-6-4-2-1-3-5-7-9-11-13-15-16-14-12/h1-11H2. The van der Waals surface area contributed by atoms with Crippen molar-refractivity contribution >= 4 is 5.91 Å². The Morgan fingerprint density at radius 3 is 2.00 bits per heavy atom. The number of carbonyl (C=O) groups excluding carboxylic acids is 1. The molecule has 1 aliphatic rings.